The van der Waals surface area contributed by atoms with Crippen LogP contribution in [0.3, 0.4) is 0 Å². The molecule has 0 aliphatic carbocycles. The van der Waals surface area contributed by atoms with Crippen molar-refractivity contribution in [3.05, 3.63) is 22.4 Å². The maximum Gasteiger partial charge on any atom is 0.234 e. The van der Waals surface area contributed by atoms with Crippen LogP contribution in [0.15, 0.2) is 17.5 Å². The van der Waals surface area contributed by atoms with Crippen molar-refractivity contribution in [2.75, 3.05) is 26.2 Å². The molecule has 0 fully saturated rings. The fourth-order valence-electron chi connectivity index (χ4n) is 1.65. The van der Waals surface area contributed by atoms with Crippen molar-refractivity contribution in [3.63, 3.8) is 0 Å². The normalized spacial score (nSPS) is 14.5. The Labute approximate surface area is 113 Å². The van der Waals surface area contributed by atoms with Gasteiger partial charge in [-0.15, -0.1) is 11.3 Å². The third-order valence-corrected chi connectivity index (χ3v) is 4.07. The van der Waals surface area contributed by atoms with Gasteiger partial charge in [0.05, 0.1) is 13.1 Å². The first kappa shape index (κ1) is 15.1. The van der Waals surface area contributed by atoms with E-state index in [4.69, 9.17) is 0 Å². The minimum Gasteiger partial charge on any atom is -0.383 e. The van der Waals surface area contributed by atoms with Crippen molar-refractivity contribution in [2.24, 2.45) is 0 Å². The van der Waals surface area contributed by atoms with E-state index in [1.807, 2.05) is 36.3 Å². The first-order valence-corrected chi connectivity index (χ1v) is 7.13. The van der Waals surface area contributed by atoms with Gasteiger partial charge in [-0.1, -0.05) is 19.9 Å². The molecule has 18 heavy (non-hydrogen) atoms. The average Bonchev–Trinajstić information content (AvgIpc) is 2.88. The van der Waals surface area contributed by atoms with Crippen molar-refractivity contribution in [2.45, 2.75) is 26.4 Å². The number of amides is 1. The molecule has 102 valence electrons. The molecule has 0 radical (unpaired) electrons. The summed E-state index contributed by atoms with van der Waals surface area (Å²) in [5.74, 6) is -0.0458. The topological polar surface area (TPSA) is 52.6 Å². The van der Waals surface area contributed by atoms with Crippen LogP contribution in [0.2, 0.25) is 0 Å². The summed E-state index contributed by atoms with van der Waals surface area (Å²) in [5, 5.41) is 15.0. The van der Waals surface area contributed by atoms with Crippen LogP contribution in [0.4, 0.5) is 0 Å². The summed E-state index contributed by atoms with van der Waals surface area (Å²) in [6.07, 6.45) is 0. The Balaban J connectivity index is 2.43. The van der Waals surface area contributed by atoms with E-state index in [9.17, 15) is 9.90 Å². The Kier molecular flexibility index (Phi) is 5.78. The predicted octanol–water partition coefficient (Wildman–Crippen LogP) is 1.41. The monoisotopic (exact) mass is 270 g/mol. The van der Waals surface area contributed by atoms with Crippen molar-refractivity contribution in [1.82, 2.24) is 10.2 Å². The van der Waals surface area contributed by atoms with Gasteiger partial charge in [0.1, 0.15) is 5.60 Å². The van der Waals surface area contributed by atoms with E-state index in [2.05, 4.69) is 5.32 Å². The van der Waals surface area contributed by atoms with Crippen LogP contribution < -0.4 is 5.32 Å². The van der Waals surface area contributed by atoms with Gasteiger partial charge in [0, 0.05) is 4.88 Å². The molecule has 0 spiro atoms. The smallest absolute Gasteiger partial charge is 0.234 e. The number of nitrogens with zero attached hydrogens (tertiary/aromatic N) is 1. The second-order valence-electron chi connectivity index (χ2n) is 4.49. The maximum atomic E-state index is 11.7. The molecule has 0 aliphatic heterocycles. The van der Waals surface area contributed by atoms with Gasteiger partial charge in [-0.2, -0.15) is 0 Å². The SMILES string of the molecule is CCN(CC)CC(=O)NCC(C)(O)c1cccs1. The van der Waals surface area contributed by atoms with E-state index in [0.717, 1.165) is 18.0 Å². The lowest BCUT2D eigenvalue weighted by atomic mass is 10.1. The molecule has 1 unspecified atom stereocenters. The number of nitrogens with one attached hydrogen (secondary N) is 1. The number of thiophene rings is 1. The van der Waals surface area contributed by atoms with Gasteiger partial charge in [0.15, 0.2) is 0 Å². The quantitative estimate of drug-likeness (QED) is 0.788. The van der Waals surface area contributed by atoms with E-state index >= 15 is 0 Å². The Morgan fingerprint density at radius 2 is 2.17 bits per heavy atom. The minimum atomic E-state index is -0.993. The molecule has 0 bridgehead atoms. The lowest BCUT2D eigenvalue weighted by Crippen LogP contribution is -2.43. The van der Waals surface area contributed by atoms with E-state index in [1.165, 1.54) is 11.3 Å². The van der Waals surface area contributed by atoms with Gasteiger partial charge >= 0.3 is 0 Å². The van der Waals surface area contributed by atoms with Gasteiger partial charge in [-0.05, 0) is 31.5 Å². The molecule has 5 heteroatoms. The molecule has 0 saturated carbocycles. The van der Waals surface area contributed by atoms with Crippen molar-refractivity contribution in [1.29, 1.82) is 0 Å². The first-order valence-electron chi connectivity index (χ1n) is 6.25. The summed E-state index contributed by atoms with van der Waals surface area (Å²) in [7, 11) is 0. The van der Waals surface area contributed by atoms with E-state index in [0.29, 0.717) is 6.54 Å². The Morgan fingerprint density at radius 1 is 1.50 bits per heavy atom. The van der Waals surface area contributed by atoms with Gasteiger partial charge in [-0.3, -0.25) is 9.69 Å². The molecule has 0 saturated heterocycles. The summed E-state index contributed by atoms with van der Waals surface area (Å²) >= 11 is 1.49. The number of aliphatic hydroxyl groups is 1. The zero-order valence-electron chi connectivity index (χ0n) is 11.3. The van der Waals surface area contributed by atoms with Gasteiger partial charge < -0.3 is 10.4 Å². The summed E-state index contributed by atoms with van der Waals surface area (Å²) in [6, 6.07) is 3.77. The van der Waals surface area contributed by atoms with Crippen LogP contribution in [-0.4, -0.2) is 42.1 Å². The van der Waals surface area contributed by atoms with Crippen LogP contribution in [0.5, 0.6) is 0 Å². The average molecular weight is 270 g/mol. The molecule has 0 aromatic carbocycles. The maximum absolute atomic E-state index is 11.7. The second-order valence-corrected chi connectivity index (χ2v) is 5.44. The summed E-state index contributed by atoms with van der Waals surface area (Å²) < 4.78 is 0. The van der Waals surface area contributed by atoms with Crippen LogP contribution in [0.1, 0.15) is 25.6 Å². The third kappa shape index (κ3) is 4.40. The first-order chi connectivity index (χ1) is 8.49. The number of hydrogen-bond acceptors (Lipinski definition) is 4. The Morgan fingerprint density at radius 3 is 2.67 bits per heavy atom. The number of rotatable bonds is 7. The van der Waals surface area contributed by atoms with Crippen molar-refractivity contribution in [3.8, 4) is 0 Å². The molecule has 1 aromatic rings. The second kappa shape index (κ2) is 6.87. The molecule has 0 aliphatic rings. The van der Waals surface area contributed by atoms with Gasteiger partial charge in [0.25, 0.3) is 0 Å². The molecule has 1 atom stereocenters. The number of carbonyl (C=O) groups excluding carboxylic acids is 1. The van der Waals surface area contributed by atoms with Crippen LogP contribution in [0, 0.1) is 0 Å². The summed E-state index contributed by atoms with van der Waals surface area (Å²) in [4.78, 5) is 14.6. The van der Waals surface area contributed by atoms with Crippen LogP contribution in [0.25, 0.3) is 0 Å². The van der Waals surface area contributed by atoms with Gasteiger partial charge in [-0.25, -0.2) is 0 Å². The van der Waals surface area contributed by atoms with Crippen LogP contribution >= 0.6 is 11.3 Å². The fourth-order valence-corrected chi connectivity index (χ4v) is 2.44. The van der Waals surface area contributed by atoms with Crippen molar-refractivity contribution < 1.29 is 9.90 Å². The Bertz CT molecular complexity index is 359. The van der Waals surface area contributed by atoms with E-state index < -0.39 is 5.60 Å². The highest BCUT2D eigenvalue weighted by molar-refractivity contribution is 7.10. The molecule has 4 nitrogen and oxygen atoms in total. The molecule has 1 rings (SSSR count). The zero-order valence-corrected chi connectivity index (χ0v) is 12.1. The largest absolute Gasteiger partial charge is 0.383 e. The lowest BCUT2D eigenvalue weighted by Gasteiger charge is -2.23. The number of carbonyl (C=O) groups is 1. The third-order valence-electron chi connectivity index (χ3n) is 2.94. The summed E-state index contributed by atoms with van der Waals surface area (Å²) in [6.45, 7) is 8.10. The number of hydrogen-bond donors (Lipinski definition) is 2. The van der Waals surface area contributed by atoms with Crippen LogP contribution in [-0.2, 0) is 10.4 Å². The lowest BCUT2D eigenvalue weighted by molar-refractivity contribution is -0.123. The highest BCUT2D eigenvalue weighted by Crippen LogP contribution is 2.24. The highest BCUT2D eigenvalue weighted by Gasteiger charge is 2.24. The molecular weight excluding hydrogens is 248 g/mol. The van der Waals surface area contributed by atoms with Crippen molar-refractivity contribution >= 4 is 17.2 Å². The predicted molar refractivity (Wildman–Crippen MR) is 74.7 cm³/mol. The zero-order chi connectivity index (χ0) is 13.6. The minimum absolute atomic E-state index is 0.0458. The number of likely N-dealkylation sites (N-methyl/N-ethyl adjacent to an activating group) is 1. The Hall–Kier alpha value is -0.910. The van der Waals surface area contributed by atoms with E-state index in [-0.39, 0.29) is 12.5 Å². The van der Waals surface area contributed by atoms with Gasteiger partial charge in [0.2, 0.25) is 5.91 Å². The summed E-state index contributed by atoms with van der Waals surface area (Å²) in [5.41, 5.74) is -0.993. The fraction of sp³-hybridized carbons (Fsp3) is 0.615. The highest BCUT2D eigenvalue weighted by atomic mass is 32.1. The molecular formula is C13H22N2O2S. The van der Waals surface area contributed by atoms with E-state index in [1.54, 1.807) is 6.92 Å². The molecule has 1 amide bonds. The molecule has 2 N–H and O–H groups in total. The molecule has 1 heterocycles. The molecule has 1 aromatic heterocycles. The standard InChI is InChI=1S/C13H22N2O2S/c1-4-15(5-2)9-12(16)14-10-13(3,17)11-7-6-8-18-11/h6-8,17H,4-5,9-10H2,1-3H3,(H,14,16).